The van der Waals surface area contributed by atoms with Crippen LogP contribution in [0.1, 0.15) is 50.8 Å². The summed E-state index contributed by atoms with van der Waals surface area (Å²) in [5, 5.41) is 10.1. The van der Waals surface area contributed by atoms with Crippen molar-refractivity contribution in [3.05, 3.63) is 57.7 Å². The number of carbonyl (C=O) groups excluding carboxylic acids is 2. The Hall–Kier alpha value is -2.51. The van der Waals surface area contributed by atoms with Crippen molar-refractivity contribution in [3.8, 4) is 10.6 Å². The summed E-state index contributed by atoms with van der Waals surface area (Å²) in [6.07, 6.45) is 1.76. The van der Waals surface area contributed by atoms with Crippen LogP contribution in [0.15, 0.2) is 46.5 Å². The molecule has 0 spiro atoms. The first-order valence-electron chi connectivity index (χ1n) is 10.7. The lowest BCUT2D eigenvalue weighted by Crippen LogP contribution is -2.47. The number of hydrogen-bond donors (Lipinski definition) is 1. The molecule has 2 amide bonds. The number of thiophene rings is 1. The van der Waals surface area contributed by atoms with Gasteiger partial charge < -0.3 is 10.2 Å². The molecule has 31 heavy (non-hydrogen) atoms. The molecule has 0 saturated heterocycles. The zero-order chi connectivity index (χ0) is 22.0. The number of aromatic nitrogens is 1. The minimum atomic E-state index is -0.242. The molecular weight excluding hydrogens is 426 g/mol. The molecule has 0 unspecified atom stereocenters. The van der Waals surface area contributed by atoms with Crippen LogP contribution in [0.25, 0.3) is 10.6 Å². The summed E-state index contributed by atoms with van der Waals surface area (Å²) in [6.45, 7) is 6.10. The molecule has 4 rings (SSSR count). The van der Waals surface area contributed by atoms with Gasteiger partial charge in [-0.2, -0.15) is 11.3 Å². The van der Waals surface area contributed by atoms with Crippen LogP contribution in [0.4, 0.5) is 5.69 Å². The summed E-state index contributed by atoms with van der Waals surface area (Å²) >= 11 is 3.21. The Labute approximate surface area is 191 Å². The molecule has 0 saturated carbocycles. The Bertz CT molecular complexity index is 1060. The number of thiazole rings is 1. The highest BCUT2D eigenvalue weighted by Crippen LogP contribution is 2.39. The number of hydrogen-bond acceptors (Lipinski definition) is 5. The molecule has 0 bridgehead atoms. The molecule has 3 heterocycles. The Morgan fingerprint density at radius 3 is 2.81 bits per heavy atom. The van der Waals surface area contributed by atoms with E-state index in [2.05, 4.69) is 22.6 Å². The number of nitrogens with one attached hydrogen (secondary N) is 1. The number of carbonyl (C=O) groups is 2. The van der Waals surface area contributed by atoms with Crippen LogP contribution in [0.5, 0.6) is 0 Å². The van der Waals surface area contributed by atoms with Gasteiger partial charge in [0.1, 0.15) is 5.01 Å². The molecule has 7 heteroatoms. The maximum absolute atomic E-state index is 13.3. The topological polar surface area (TPSA) is 62.3 Å². The van der Waals surface area contributed by atoms with Crippen molar-refractivity contribution in [1.29, 1.82) is 0 Å². The fraction of sp³-hybridized carbons (Fsp3) is 0.375. The Morgan fingerprint density at radius 1 is 1.26 bits per heavy atom. The first-order valence-corrected chi connectivity index (χ1v) is 12.5. The van der Waals surface area contributed by atoms with E-state index in [0.717, 1.165) is 33.9 Å². The first-order chi connectivity index (χ1) is 15.0. The Balaban J connectivity index is 1.56. The van der Waals surface area contributed by atoms with Gasteiger partial charge in [0.05, 0.1) is 18.0 Å². The van der Waals surface area contributed by atoms with Crippen molar-refractivity contribution in [2.45, 2.75) is 58.0 Å². The monoisotopic (exact) mass is 453 g/mol. The van der Waals surface area contributed by atoms with Gasteiger partial charge in [-0.25, -0.2) is 4.98 Å². The predicted octanol–water partition coefficient (Wildman–Crippen LogP) is 5.24. The molecule has 2 aromatic heterocycles. The largest absolute Gasteiger partial charge is 0.353 e. The van der Waals surface area contributed by atoms with E-state index in [9.17, 15) is 9.59 Å². The molecule has 5 nitrogen and oxygen atoms in total. The number of anilines is 1. The summed E-state index contributed by atoms with van der Waals surface area (Å²) in [6, 6.07) is 9.90. The van der Waals surface area contributed by atoms with E-state index in [0.29, 0.717) is 6.42 Å². The lowest BCUT2D eigenvalue weighted by Gasteiger charge is -2.39. The standard InChI is InChI=1S/C24H27N3O2S2/c1-4-15(2)25-23(29)20-11-16(3)27(21-8-6-5-7-19(20)21)22(28)12-18-14-31-24(26-18)17-9-10-30-13-17/h5-10,13-16,20H,4,11-12H2,1-3H3,(H,25,29)/t15-,16-,20-/m1/s1. The SMILES string of the molecule is CC[C@@H](C)NC(=O)[C@@H]1C[C@@H](C)N(C(=O)Cc2csc(-c3ccsc3)n2)c2ccccc21. The van der Waals surface area contributed by atoms with E-state index in [-0.39, 0.29) is 36.2 Å². The average Bonchev–Trinajstić information content (AvgIpc) is 3.44. The highest BCUT2D eigenvalue weighted by molar-refractivity contribution is 7.14. The molecule has 0 aliphatic carbocycles. The number of rotatable bonds is 6. The van der Waals surface area contributed by atoms with Gasteiger partial charge in [0, 0.05) is 34.1 Å². The van der Waals surface area contributed by atoms with Crippen molar-refractivity contribution in [2.75, 3.05) is 4.90 Å². The zero-order valence-corrected chi connectivity index (χ0v) is 19.6. The number of para-hydroxylation sites is 1. The number of fused-ring (bicyclic) bond motifs is 1. The van der Waals surface area contributed by atoms with Crippen molar-refractivity contribution in [3.63, 3.8) is 0 Å². The molecule has 1 N–H and O–H groups in total. The van der Waals surface area contributed by atoms with Crippen LogP contribution in [0.2, 0.25) is 0 Å². The summed E-state index contributed by atoms with van der Waals surface area (Å²) in [5.41, 5.74) is 3.65. The molecule has 3 atom stereocenters. The average molecular weight is 454 g/mol. The number of nitrogens with zero attached hydrogens (tertiary/aromatic N) is 2. The first kappa shape index (κ1) is 21.7. The van der Waals surface area contributed by atoms with Crippen molar-refractivity contribution in [1.82, 2.24) is 10.3 Å². The van der Waals surface area contributed by atoms with Crippen LogP contribution < -0.4 is 10.2 Å². The molecular formula is C24H27N3O2S2. The summed E-state index contributed by atoms with van der Waals surface area (Å²) in [4.78, 5) is 32.8. The summed E-state index contributed by atoms with van der Waals surface area (Å²) < 4.78 is 0. The molecule has 162 valence electrons. The van der Waals surface area contributed by atoms with Gasteiger partial charge in [-0.05, 0) is 49.8 Å². The fourth-order valence-electron chi connectivity index (χ4n) is 4.03. The lowest BCUT2D eigenvalue weighted by atomic mass is 9.85. The van der Waals surface area contributed by atoms with Crippen LogP contribution in [-0.2, 0) is 16.0 Å². The van der Waals surface area contributed by atoms with Crippen LogP contribution in [0.3, 0.4) is 0 Å². The van der Waals surface area contributed by atoms with Crippen molar-refractivity contribution in [2.24, 2.45) is 0 Å². The third kappa shape index (κ3) is 4.57. The summed E-state index contributed by atoms with van der Waals surface area (Å²) in [7, 11) is 0. The van der Waals surface area contributed by atoms with Gasteiger partial charge >= 0.3 is 0 Å². The van der Waals surface area contributed by atoms with Gasteiger partial charge in [-0.3, -0.25) is 9.59 Å². The van der Waals surface area contributed by atoms with Crippen LogP contribution in [-0.4, -0.2) is 28.9 Å². The number of amides is 2. The molecule has 1 aliphatic rings. The Kier molecular flexibility index (Phi) is 6.53. The van der Waals surface area contributed by atoms with Gasteiger partial charge in [0.25, 0.3) is 0 Å². The van der Waals surface area contributed by atoms with Crippen molar-refractivity contribution < 1.29 is 9.59 Å². The molecule has 0 fully saturated rings. The van der Waals surface area contributed by atoms with Crippen LogP contribution in [0, 0.1) is 0 Å². The Morgan fingerprint density at radius 2 is 2.06 bits per heavy atom. The van der Waals surface area contributed by atoms with Gasteiger partial charge in [0.2, 0.25) is 11.8 Å². The minimum absolute atomic E-state index is 0.0166. The second-order valence-corrected chi connectivity index (χ2v) is 9.75. The normalized spacial score (nSPS) is 19.0. The second kappa shape index (κ2) is 9.32. The van der Waals surface area contributed by atoms with Gasteiger partial charge in [-0.1, -0.05) is 25.1 Å². The highest BCUT2D eigenvalue weighted by Gasteiger charge is 2.37. The quantitative estimate of drug-likeness (QED) is 0.555. The fourth-order valence-corrected chi connectivity index (χ4v) is 5.57. The van der Waals surface area contributed by atoms with E-state index < -0.39 is 0 Å². The second-order valence-electron chi connectivity index (χ2n) is 8.11. The molecule has 1 aromatic carbocycles. The van der Waals surface area contributed by atoms with E-state index in [4.69, 9.17) is 0 Å². The molecule has 0 radical (unpaired) electrons. The third-order valence-electron chi connectivity index (χ3n) is 5.83. The predicted molar refractivity (Wildman–Crippen MR) is 128 cm³/mol. The zero-order valence-electron chi connectivity index (χ0n) is 18.0. The van der Waals surface area contributed by atoms with E-state index in [1.54, 1.807) is 22.7 Å². The van der Waals surface area contributed by atoms with Gasteiger partial charge in [-0.15, -0.1) is 11.3 Å². The molecule has 1 aliphatic heterocycles. The van der Waals surface area contributed by atoms with E-state index in [1.807, 2.05) is 59.8 Å². The van der Waals surface area contributed by atoms with E-state index >= 15 is 0 Å². The highest BCUT2D eigenvalue weighted by atomic mass is 32.1. The van der Waals surface area contributed by atoms with Gasteiger partial charge in [0.15, 0.2) is 0 Å². The van der Waals surface area contributed by atoms with E-state index in [1.165, 1.54) is 0 Å². The number of benzene rings is 1. The van der Waals surface area contributed by atoms with Crippen LogP contribution >= 0.6 is 22.7 Å². The maximum atomic E-state index is 13.3. The lowest BCUT2D eigenvalue weighted by molar-refractivity contribution is -0.124. The third-order valence-corrected chi connectivity index (χ3v) is 7.45. The van der Waals surface area contributed by atoms with Crippen molar-refractivity contribution >= 4 is 40.2 Å². The smallest absolute Gasteiger partial charge is 0.233 e. The molecule has 3 aromatic rings. The maximum Gasteiger partial charge on any atom is 0.233 e. The minimum Gasteiger partial charge on any atom is -0.353 e. The summed E-state index contributed by atoms with van der Waals surface area (Å²) in [5.74, 6) is -0.183.